The number of carbonyl (C=O) groups excluding carboxylic acids is 4. The van der Waals surface area contributed by atoms with Crippen LogP contribution in [0.5, 0.6) is 0 Å². The third kappa shape index (κ3) is 3.28. The molecule has 0 aromatic carbocycles. The van der Waals surface area contributed by atoms with Crippen LogP contribution in [0, 0.1) is 0 Å². The minimum Gasteiger partial charge on any atom is -0.462 e. The number of hydrogen-bond donors (Lipinski definition) is 2. The first-order valence-corrected chi connectivity index (χ1v) is 10.6. The van der Waals surface area contributed by atoms with E-state index in [4.69, 9.17) is 4.74 Å². The molecule has 1 aromatic heterocycles. The third-order valence-electron chi connectivity index (χ3n) is 5.57. The van der Waals surface area contributed by atoms with Gasteiger partial charge in [0.05, 0.1) is 12.2 Å². The van der Waals surface area contributed by atoms with Crippen molar-refractivity contribution in [2.75, 3.05) is 18.5 Å². The van der Waals surface area contributed by atoms with E-state index in [9.17, 15) is 19.2 Å². The van der Waals surface area contributed by atoms with Crippen molar-refractivity contribution < 1.29 is 23.9 Å². The van der Waals surface area contributed by atoms with E-state index >= 15 is 0 Å². The van der Waals surface area contributed by atoms with Gasteiger partial charge in [0.2, 0.25) is 5.91 Å². The van der Waals surface area contributed by atoms with Gasteiger partial charge in [-0.15, -0.1) is 11.3 Å². The molecule has 2 saturated carbocycles. The summed E-state index contributed by atoms with van der Waals surface area (Å²) in [6.07, 6.45) is 5.01. The van der Waals surface area contributed by atoms with Gasteiger partial charge in [0.15, 0.2) is 0 Å². The molecule has 2 aliphatic carbocycles. The molecule has 1 saturated heterocycles. The summed E-state index contributed by atoms with van der Waals surface area (Å²) in [6, 6.07) is -0.530. The Morgan fingerprint density at radius 2 is 2.04 bits per heavy atom. The Morgan fingerprint density at radius 3 is 2.68 bits per heavy atom. The van der Waals surface area contributed by atoms with E-state index in [-0.39, 0.29) is 19.1 Å². The van der Waals surface area contributed by atoms with E-state index in [2.05, 4.69) is 10.6 Å². The van der Waals surface area contributed by atoms with Gasteiger partial charge in [-0.2, -0.15) is 0 Å². The summed E-state index contributed by atoms with van der Waals surface area (Å²) in [5.74, 6) is -0.968. The lowest BCUT2D eigenvalue weighted by molar-refractivity contribution is -0.133. The molecule has 2 heterocycles. The number of urea groups is 1. The van der Waals surface area contributed by atoms with Crippen LogP contribution in [0.1, 0.15) is 67.3 Å². The van der Waals surface area contributed by atoms with Crippen LogP contribution in [0.15, 0.2) is 5.38 Å². The molecule has 4 amide bonds. The van der Waals surface area contributed by atoms with Crippen molar-refractivity contribution in [3.8, 4) is 0 Å². The number of nitrogens with one attached hydrogen (secondary N) is 2. The minimum atomic E-state index is -0.838. The van der Waals surface area contributed by atoms with E-state index in [1.807, 2.05) is 5.38 Å². The quantitative estimate of drug-likeness (QED) is 0.559. The van der Waals surface area contributed by atoms with Crippen LogP contribution >= 0.6 is 11.3 Å². The number of hydrogen-bond acceptors (Lipinski definition) is 6. The molecule has 2 N–H and O–H groups in total. The molecular formula is C19H23N3O5S. The molecule has 9 heteroatoms. The van der Waals surface area contributed by atoms with E-state index in [1.165, 1.54) is 11.3 Å². The summed E-state index contributed by atoms with van der Waals surface area (Å²) in [5, 5.41) is 7.75. The number of rotatable bonds is 6. The Balaban J connectivity index is 1.48. The number of ether oxygens (including phenoxy) is 1. The van der Waals surface area contributed by atoms with Crippen molar-refractivity contribution in [2.45, 2.75) is 56.9 Å². The van der Waals surface area contributed by atoms with Crippen LogP contribution in [0.2, 0.25) is 0 Å². The maximum Gasteiger partial charge on any atom is 0.341 e. The number of thiophene rings is 1. The SMILES string of the molecule is CCOC(=O)c1c(C2CC2)csc1NC(=O)CN1C(=O)NC2(CCCC2)C1=O. The molecule has 0 unspecified atom stereocenters. The molecule has 1 aliphatic heterocycles. The average molecular weight is 405 g/mol. The Labute approximate surface area is 166 Å². The van der Waals surface area contributed by atoms with Gasteiger partial charge in [0.1, 0.15) is 17.1 Å². The Hall–Kier alpha value is -2.42. The highest BCUT2D eigenvalue weighted by Crippen LogP contribution is 2.46. The summed E-state index contributed by atoms with van der Waals surface area (Å²) in [6.45, 7) is 1.61. The van der Waals surface area contributed by atoms with Crippen LogP contribution in [0.4, 0.5) is 9.80 Å². The van der Waals surface area contributed by atoms with E-state index in [0.717, 1.165) is 36.1 Å². The zero-order chi connectivity index (χ0) is 19.9. The number of nitrogens with zero attached hydrogens (tertiary/aromatic N) is 1. The van der Waals surface area contributed by atoms with Crippen LogP contribution in [-0.2, 0) is 14.3 Å². The fraction of sp³-hybridized carbons (Fsp3) is 0.579. The number of carbonyl (C=O) groups is 4. The molecule has 28 heavy (non-hydrogen) atoms. The molecule has 8 nitrogen and oxygen atoms in total. The Kier molecular flexibility index (Phi) is 4.86. The van der Waals surface area contributed by atoms with E-state index in [1.54, 1.807) is 6.92 Å². The Morgan fingerprint density at radius 1 is 1.32 bits per heavy atom. The molecule has 3 fully saturated rings. The second kappa shape index (κ2) is 7.20. The normalized spacial score (nSPS) is 20.5. The van der Waals surface area contributed by atoms with Gasteiger partial charge in [0.25, 0.3) is 5.91 Å². The number of esters is 1. The summed E-state index contributed by atoms with van der Waals surface area (Å²) in [4.78, 5) is 50.8. The lowest BCUT2D eigenvalue weighted by Gasteiger charge is -2.19. The third-order valence-corrected chi connectivity index (χ3v) is 6.49. The molecule has 1 spiro atoms. The summed E-state index contributed by atoms with van der Waals surface area (Å²) >= 11 is 1.27. The van der Waals surface area contributed by atoms with Crippen molar-refractivity contribution in [2.24, 2.45) is 0 Å². The fourth-order valence-corrected chi connectivity index (χ4v) is 5.07. The first-order valence-electron chi connectivity index (χ1n) is 9.67. The number of imide groups is 1. The summed E-state index contributed by atoms with van der Waals surface area (Å²) < 4.78 is 5.15. The second-order valence-corrected chi connectivity index (χ2v) is 8.43. The van der Waals surface area contributed by atoms with Crippen LogP contribution < -0.4 is 10.6 Å². The van der Waals surface area contributed by atoms with Gasteiger partial charge in [-0.1, -0.05) is 12.8 Å². The summed E-state index contributed by atoms with van der Waals surface area (Å²) in [7, 11) is 0. The smallest absolute Gasteiger partial charge is 0.341 e. The van der Waals surface area contributed by atoms with Gasteiger partial charge >= 0.3 is 12.0 Å². The molecule has 0 bridgehead atoms. The minimum absolute atomic E-state index is 0.247. The van der Waals surface area contributed by atoms with Gasteiger partial charge in [-0.3, -0.25) is 14.5 Å². The average Bonchev–Trinajstić information content (AvgIpc) is 3.17. The maximum atomic E-state index is 12.7. The van der Waals surface area contributed by atoms with Crippen molar-refractivity contribution in [3.05, 3.63) is 16.5 Å². The highest BCUT2D eigenvalue weighted by molar-refractivity contribution is 7.15. The first-order chi connectivity index (χ1) is 13.4. The zero-order valence-electron chi connectivity index (χ0n) is 15.7. The summed E-state index contributed by atoms with van der Waals surface area (Å²) in [5.41, 5.74) is 0.459. The lowest BCUT2D eigenvalue weighted by Crippen LogP contribution is -2.44. The number of amides is 4. The topological polar surface area (TPSA) is 105 Å². The Bertz CT molecular complexity index is 839. The molecular weight excluding hydrogens is 382 g/mol. The van der Waals surface area contributed by atoms with Crippen molar-refractivity contribution in [1.82, 2.24) is 10.2 Å². The molecule has 0 atom stereocenters. The molecule has 0 radical (unpaired) electrons. The zero-order valence-corrected chi connectivity index (χ0v) is 16.5. The van der Waals surface area contributed by atoms with Gasteiger partial charge in [0, 0.05) is 0 Å². The molecule has 3 aliphatic rings. The predicted molar refractivity (Wildman–Crippen MR) is 102 cm³/mol. The van der Waals surface area contributed by atoms with Crippen molar-refractivity contribution >= 4 is 40.2 Å². The lowest BCUT2D eigenvalue weighted by atomic mass is 9.98. The van der Waals surface area contributed by atoms with Gasteiger partial charge < -0.3 is 15.4 Å². The van der Waals surface area contributed by atoms with E-state index < -0.39 is 23.4 Å². The number of anilines is 1. The highest BCUT2D eigenvalue weighted by Gasteiger charge is 2.52. The van der Waals surface area contributed by atoms with Crippen molar-refractivity contribution in [1.29, 1.82) is 0 Å². The first kappa shape index (κ1) is 18.9. The van der Waals surface area contributed by atoms with Gasteiger partial charge in [-0.25, -0.2) is 9.59 Å². The predicted octanol–water partition coefficient (Wildman–Crippen LogP) is 2.61. The van der Waals surface area contributed by atoms with Crippen LogP contribution in [0.3, 0.4) is 0 Å². The highest BCUT2D eigenvalue weighted by atomic mass is 32.1. The standard InChI is InChI=1S/C19H23N3O5S/c1-2-27-16(24)14-12(11-5-6-11)10-28-15(14)20-13(23)9-22-17(25)19(21-18(22)26)7-3-4-8-19/h10-11H,2-9H2,1H3,(H,20,23)(H,21,26). The monoisotopic (exact) mass is 405 g/mol. The van der Waals surface area contributed by atoms with E-state index in [0.29, 0.717) is 29.3 Å². The molecule has 150 valence electrons. The largest absolute Gasteiger partial charge is 0.462 e. The fourth-order valence-electron chi connectivity index (χ4n) is 4.02. The maximum absolute atomic E-state index is 12.7. The van der Waals surface area contributed by atoms with Gasteiger partial charge in [-0.05, 0) is 49.5 Å². The van der Waals surface area contributed by atoms with Crippen LogP contribution in [-0.4, -0.2) is 47.4 Å². The second-order valence-electron chi connectivity index (χ2n) is 7.55. The van der Waals surface area contributed by atoms with Crippen LogP contribution in [0.25, 0.3) is 0 Å². The van der Waals surface area contributed by atoms with Crippen molar-refractivity contribution in [3.63, 3.8) is 0 Å². The molecule has 4 rings (SSSR count). The molecule has 1 aromatic rings.